The number of hydrogen-bond donors (Lipinski definition) is 1. The molecule has 6 heteroatoms. The Morgan fingerprint density at radius 3 is 2.54 bits per heavy atom. The van der Waals surface area contributed by atoms with Gasteiger partial charge in [0.05, 0.1) is 0 Å². The number of esters is 1. The van der Waals surface area contributed by atoms with Gasteiger partial charge < -0.3 is 10.1 Å². The lowest BCUT2D eigenvalue weighted by atomic mass is 9.87. The summed E-state index contributed by atoms with van der Waals surface area (Å²) in [5.41, 5.74) is -0.548. The van der Waals surface area contributed by atoms with Crippen LogP contribution in [0.25, 0.3) is 0 Å². The molecule has 2 rings (SSSR count). The van der Waals surface area contributed by atoms with Crippen LogP contribution in [0.3, 0.4) is 0 Å². The fourth-order valence-electron chi connectivity index (χ4n) is 3.74. The van der Waals surface area contributed by atoms with Gasteiger partial charge in [-0.1, -0.05) is 12.2 Å². The summed E-state index contributed by atoms with van der Waals surface area (Å²) in [6.45, 7) is 9.40. The van der Waals surface area contributed by atoms with E-state index in [4.69, 9.17) is 4.74 Å². The minimum atomic E-state index is -0.565. The normalized spacial score (nSPS) is 31.1. The van der Waals surface area contributed by atoms with E-state index < -0.39 is 11.6 Å². The molecule has 4 atom stereocenters. The molecule has 24 heavy (non-hydrogen) atoms. The van der Waals surface area contributed by atoms with Gasteiger partial charge in [-0.3, -0.25) is 19.3 Å². The minimum Gasteiger partial charge on any atom is -0.459 e. The van der Waals surface area contributed by atoms with Crippen LogP contribution >= 0.6 is 0 Å². The third-order valence-corrected chi connectivity index (χ3v) is 4.50. The van der Waals surface area contributed by atoms with Crippen molar-refractivity contribution in [3.8, 4) is 0 Å². The zero-order valence-electron chi connectivity index (χ0n) is 15.2. The molecule has 2 fully saturated rings. The number of hydrogen-bond acceptors (Lipinski definition) is 5. The number of carbonyl (C=O) groups is 3. The molecule has 0 aromatic carbocycles. The molecular formula is C18H28N2O4. The number of Topliss-reactive ketones (excluding diaryl/α,β-unsaturated/α-hetero) is 1. The van der Waals surface area contributed by atoms with E-state index in [1.165, 1.54) is 6.92 Å². The van der Waals surface area contributed by atoms with Crippen molar-refractivity contribution in [2.75, 3.05) is 6.54 Å². The van der Waals surface area contributed by atoms with Crippen LogP contribution in [0, 0.1) is 5.92 Å². The molecule has 2 aliphatic heterocycles. The lowest BCUT2D eigenvalue weighted by Gasteiger charge is -2.39. The summed E-state index contributed by atoms with van der Waals surface area (Å²) < 4.78 is 5.56. The van der Waals surface area contributed by atoms with Crippen molar-refractivity contribution in [2.24, 2.45) is 5.92 Å². The quantitative estimate of drug-likeness (QED) is 0.623. The van der Waals surface area contributed by atoms with Gasteiger partial charge in [-0.05, 0) is 40.0 Å². The third-order valence-electron chi connectivity index (χ3n) is 4.50. The van der Waals surface area contributed by atoms with Gasteiger partial charge in [0.2, 0.25) is 5.91 Å². The number of fused-ring (bicyclic) bond motifs is 1. The summed E-state index contributed by atoms with van der Waals surface area (Å²) in [4.78, 5) is 38.5. The van der Waals surface area contributed by atoms with E-state index in [-0.39, 0.29) is 35.7 Å². The number of ketones is 1. The first-order valence-corrected chi connectivity index (χ1v) is 8.55. The molecule has 1 N–H and O–H groups in total. The lowest BCUT2D eigenvalue weighted by molar-refractivity contribution is -0.162. The molecule has 0 aromatic heterocycles. The Morgan fingerprint density at radius 1 is 1.33 bits per heavy atom. The molecule has 0 aromatic rings. The summed E-state index contributed by atoms with van der Waals surface area (Å²) in [5, 5.41) is 2.78. The van der Waals surface area contributed by atoms with Crippen molar-refractivity contribution in [1.29, 1.82) is 0 Å². The molecule has 0 saturated carbocycles. The second-order valence-corrected chi connectivity index (χ2v) is 7.60. The number of amides is 1. The monoisotopic (exact) mass is 336 g/mol. The highest BCUT2D eigenvalue weighted by molar-refractivity contribution is 5.90. The highest BCUT2D eigenvalue weighted by Crippen LogP contribution is 2.37. The van der Waals surface area contributed by atoms with Gasteiger partial charge in [0, 0.05) is 25.9 Å². The number of allylic oxidation sites excluding steroid dienone is 1. The van der Waals surface area contributed by atoms with E-state index in [1.807, 2.05) is 44.7 Å². The van der Waals surface area contributed by atoms with Crippen molar-refractivity contribution < 1.29 is 19.1 Å². The van der Waals surface area contributed by atoms with Gasteiger partial charge in [-0.2, -0.15) is 0 Å². The Labute approximate surface area is 143 Å². The average Bonchev–Trinajstić information content (AvgIpc) is 2.79. The van der Waals surface area contributed by atoms with Gasteiger partial charge >= 0.3 is 5.97 Å². The average molecular weight is 336 g/mol. The van der Waals surface area contributed by atoms with E-state index in [0.29, 0.717) is 19.4 Å². The molecular weight excluding hydrogens is 308 g/mol. The van der Waals surface area contributed by atoms with E-state index in [1.54, 1.807) is 0 Å². The van der Waals surface area contributed by atoms with E-state index in [9.17, 15) is 14.4 Å². The van der Waals surface area contributed by atoms with E-state index >= 15 is 0 Å². The SMILES string of the molecule is C/C=C\[C@@H]1C[C@H](C(=O)OC(C)(C)C)N2CCC(=O)C(NC(C)=O)[C@@H]12. The second kappa shape index (κ2) is 7.05. The summed E-state index contributed by atoms with van der Waals surface area (Å²) in [5.74, 6) is -0.412. The van der Waals surface area contributed by atoms with Crippen LogP contribution in [0.2, 0.25) is 0 Å². The predicted octanol–water partition coefficient (Wildman–Crippen LogP) is 1.44. The molecule has 0 spiro atoms. The van der Waals surface area contributed by atoms with Crippen LogP contribution in [-0.4, -0.2) is 52.8 Å². The van der Waals surface area contributed by atoms with Gasteiger partial charge in [-0.15, -0.1) is 0 Å². The number of ether oxygens (including phenoxy) is 1. The molecule has 2 saturated heterocycles. The molecule has 134 valence electrons. The molecule has 0 radical (unpaired) electrons. The second-order valence-electron chi connectivity index (χ2n) is 7.60. The van der Waals surface area contributed by atoms with E-state index in [2.05, 4.69) is 5.32 Å². The van der Waals surface area contributed by atoms with Crippen LogP contribution in [0.1, 0.15) is 47.5 Å². The molecule has 6 nitrogen and oxygen atoms in total. The molecule has 2 heterocycles. The number of rotatable bonds is 3. The zero-order chi connectivity index (χ0) is 18.1. The first-order chi connectivity index (χ1) is 11.1. The Morgan fingerprint density at radius 2 is 2.00 bits per heavy atom. The van der Waals surface area contributed by atoms with Crippen molar-refractivity contribution in [1.82, 2.24) is 10.2 Å². The Kier molecular flexibility index (Phi) is 5.48. The van der Waals surface area contributed by atoms with Crippen molar-refractivity contribution in [2.45, 2.75) is 71.2 Å². The minimum absolute atomic E-state index is 0.0331. The predicted molar refractivity (Wildman–Crippen MR) is 90.3 cm³/mol. The van der Waals surface area contributed by atoms with Crippen LogP contribution < -0.4 is 5.32 Å². The number of carbonyl (C=O) groups excluding carboxylic acids is 3. The van der Waals surface area contributed by atoms with Crippen LogP contribution in [0.5, 0.6) is 0 Å². The largest absolute Gasteiger partial charge is 0.459 e. The maximum Gasteiger partial charge on any atom is 0.323 e. The third kappa shape index (κ3) is 4.04. The summed E-state index contributed by atoms with van der Waals surface area (Å²) in [6.07, 6.45) is 4.90. The summed E-state index contributed by atoms with van der Waals surface area (Å²) >= 11 is 0. The van der Waals surface area contributed by atoms with Gasteiger partial charge in [0.25, 0.3) is 0 Å². The smallest absolute Gasteiger partial charge is 0.323 e. The molecule has 1 unspecified atom stereocenters. The van der Waals surface area contributed by atoms with Gasteiger partial charge in [-0.25, -0.2) is 0 Å². The molecule has 2 aliphatic rings. The Bertz CT molecular complexity index is 550. The Balaban J connectivity index is 2.28. The van der Waals surface area contributed by atoms with Gasteiger partial charge in [0.1, 0.15) is 17.7 Å². The fraction of sp³-hybridized carbons (Fsp3) is 0.722. The summed E-state index contributed by atoms with van der Waals surface area (Å²) in [6, 6.07) is -1.13. The molecule has 0 bridgehead atoms. The lowest BCUT2D eigenvalue weighted by Crippen LogP contribution is -2.61. The van der Waals surface area contributed by atoms with Gasteiger partial charge in [0.15, 0.2) is 5.78 Å². The van der Waals surface area contributed by atoms with E-state index in [0.717, 1.165) is 0 Å². The van der Waals surface area contributed by atoms with Crippen molar-refractivity contribution in [3.05, 3.63) is 12.2 Å². The molecule has 0 aliphatic carbocycles. The maximum absolute atomic E-state index is 12.6. The standard InChI is InChI=1S/C18H28N2O4/c1-6-7-12-10-13(17(23)24-18(3,4)5)20-9-8-14(22)15(16(12)20)19-11(2)21/h6-7,12-13,15-16H,8-10H2,1-5H3,(H,19,21)/b7-6-/t12-,13-,15?,16-/m1/s1. The number of nitrogens with zero attached hydrogens (tertiary/aromatic N) is 1. The number of nitrogens with one attached hydrogen (secondary N) is 1. The van der Waals surface area contributed by atoms with Crippen LogP contribution in [-0.2, 0) is 19.1 Å². The summed E-state index contributed by atoms with van der Waals surface area (Å²) in [7, 11) is 0. The first-order valence-electron chi connectivity index (χ1n) is 8.55. The highest BCUT2D eigenvalue weighted by Gasteiger charge is 2.52. The number of piperidine rings is 1. The van der Waals surface area contributed by atoms with Crippen LogP contribution in [0.4, 0.5) is 0 Å². The van der Waals surface area contributed by atoms with Crippen molar-refractivity contribution >= 4 is 17.7 Å². The molecule has 1 amide bonds. The topological polar surface area (TPSA) is 75.7 Å². The Hall–Kier alpha value is -1.69. The maximum atomic E-state index is 12.6. The first kappa shape index (κ1) is 18.6. The van der Waals surface area contributed by atoms with Crippen molar-refractivity contribution in [3.63, 3.8) is 0 Å². The fourth-order valence-corrected chi connectivity index (χ4v) is 3.74. The highest BCUT2D eigenvalue weighted by atomic mass is 16.6. The zero-order valence-corrected chi connectivity index (χ0v) is 15.2. The van der Waals surface area contributed by atoms with Crippen LogP contribution in [0.15, 0.2) is 12.2 Å².